The molecule has 1 aliphatic carbocycles. The summed E-state index contributed by atoms with van der Waals surface area (Å²) in [5, 5.41) is 0.127. The van der Waals surface area contributed by atoms with E-state index in [2.05, 4.69) is 0 Å². The summed E-state index contributed by atoms with van der Waals surface area (Å²) in [4.78, 5) is 14.7. The minimum Gasteiger partial charge on any atom is -0.489 e. The summed E-state index contributed by atoms with van der Waals surface area (Å²) < 4.78 is 54.3. The van der Waals surface area contributed by atoms with Crippen LogP contribution in [-0.4, -0.2) is 33.5 Å². The number of fused-ring (bicyclic) bond motifs is 1. The fraction of sp³-hybridized carbons (Fsp3) is 0.375. The standard InChI is InChI=1S/C24H25FN2O5S/c1-15-7-8-20(31-17-5-2-3-6-17)23(11-15)33(29,30)26-24(28)22-14-18-19(25)12-16(13-21(18)32-22)27-9-4-10-27/h7-8,11-14,17H,2-6,9-10H2,1H3,(H,26,28). The van der Waals surface area contributed by atoms with Crippen LogP contribution >= 0.6 is 0 Å². The maximum atomic E-state index is 14.6. The van der Waals surface area contributed by atoms with Gasteiger partial charge in [-0.15, -0.1) is 0 Å². The number of hydrogen-bond donors (Lipinski definition) is 1. The molecule has 1 N–H and O–H groups in total. The average molecular weight is 473 g/mol. The molecule has 33 heavy (non-hydrogen) atoms. The minimum atomic E-state index is -4.25. The van der Waals surface area contributed by atoms with Gasteiger partial charge in [-0.3, -0.25) is 4.79 Å². The SMILES string of the molecule is Cc1ccc(OC2CCCC2)c(S(=O)(=O)NC(=O)c2cc3c(F)cc(N4CCC4)cc3o2)c1. The monoisotopic (exact) mass is 472 g/mol. The Morgan fingerprint density at radius 3 is 2.58 bits per heavy atom. The number of carbonyl (C=O) groups excluding carboxylic acids is 1. The van der Waals surface area contributed by atoms with Crippen LogP contribution in [0.2, 0.25) is 0 Å². The normalized spacial score (nSPS) is 16.7. The first-order valence-corrected chi connectivity index (χ1v) is 12.6. The number of halogens is 1. The second-order valence-corrected chi connectivity index (χ2v) is 10.4. The van der Waals surface area contributed by atoms with E-state index in [0.29, 0.717) is 11.3 Å². The van der Waals surface area contributed by atoms with Gasteiger partial charge in [0, 0.05) is 30.9 Å². The molecule has 2 aromatic carbocycles. The molecule has 0 radical (unpaired) electrons. The number of furan rings is 1. The molecule has 1 saturated carbocycles. The van der Waals surface area contributed by atoms with Crippen molar-refractivity contribution in [2.45, 2.75) is 50.0 Å². The highest BCUT2D eigenvalue weighted by molar-refractivity contribution is 7.90. The largest absolute Gasteiger partial charge is 0.489 e. The van der Waals surface area contributed by atoms with Crippen LogP contribution in [-0.2, 0) is 10.0 Å². The van der Waals surface area contributed by atoms with E-state index in [1.807, 2.05) is 9.62 Å². The van der Waals surface area contributed by atoms with E-state index in [1.165, 1.54) is 18.2 Å². The average Bonchev–Trinajstić information content (AvgIpc) is 3.37. The Labute approximate surface area is 191 Å². The highest BCUT2D eigenvalue weighted by atomic mass is 32.2. The van der Waals surface area contributed by atoms with Gasteiger partial charge < -0.3 is 14.1 Å². The third-order valence-corrected chi connectivity index (χ3v) is 7.58. The second kappa shape index (κ2) is 8.37. The topological polar surface area (TPSA) is 88.8 Å². The molecule has 7 nitrogen and oxygen atoms in total. The van der Waals surface area contributed by atoms with Crippen LogP contribution in [0.4, 0.5) is 10.1 Å². The van der Waals surface area contributed by atoms with Crippen molar-refractivity contribution in [3.63, 3.8) is 0 Å². The molecule has 5 rings (SSSR count). The lowest BCUT2D eigenvalue weighted by molar-refractivity contribution is 0.0956. The molecule has 1 amide bonds. The molecule has 3 aromatic rings. The molecular formula is C24H25FN2O5S. The molecule has 1 saturated heterocycles. The zero-order valence-corrected chi connectivity index (χ0v) is 19.1. The summed E-state index contributed by atoms with van der Waals surface area (Å²) in [5.41, 5.74) is 1.58. The molecule has 2 fully saturated rings. The van der Waals surface area contributed by atoms with Gasteiger partial charge in [-0.1, -0.05) is 6.07 Å². The Balaban J connectivity index is 1.41. The predicted octanol–water partition coefficient (Wildman–Crippen LogP) is 4.53. The van der Waals surface area contributed by atoms with Gasteiger partial charge in [0.05, 0.1) is 11.5 Å². The van der Waals surface area contributed by atoms with Crippen molar-refractivity contribution in [3.05, 3.63) is 53.5 Å². The van der Waals surface area contributed by atoms with Gasteiger partial charge in [0.15, 0.2) is 5.76 Å². The van der Waals surface area contributed by atoms with E-state index in [4.69, 9.17) is 9.15 Å². The first kappa shape index (κ1) is 21.8. The predicted molar refractivity (Wildman–Crippen MR) is 122 cm³/mol. The summed E-state index contributed by atoms with van der Waals surface area (Å²) in [6, 6.07) is 9.13. The zero-order chi connectivity index (χ0) is 23.2. The summed E-state index contributed by atoms with van der Waals surface area (Å²) >= 11 is 0. The van der Waals surface area contributed by atoms with Gasteiger partial charge in [-0.25, -0.2) is 17.5 Å². The van der Waals surface area contributed by atoms with Crippen LogP contribution in [0.5, 0.6) is 5.75 Å². The maximum absolute atomic E-state index is 14.6. The van der Waals surface area contributed by atoms with Gasteiger partial charge in [-0.05, 0) is 62.8 Å². The number of anilines is 1. The third-order valence-electron chi connectivity index (χ3n) is 6.23. The molecule has 0 spiro atoms. The smallest absolute Gasteiger partial charge is 0.300 e. The Hall–Kier alpha value is -3.07. The summed E-state index contributed by atoms with van der Waals surface area (Å²) in [6.45, 7) is 3.43. The van der Waals surface area contributed by atoms with Crippen molar-refractivity contribution < 1.29 is 26.8 Å². The van der Waals surface area contributed by atoms with E-state index in [1.54, 1.807) is 25.1 Å². The quantitative estimate of drug-likeness (QED) is 0.567. The minimum absolute atomic E-state index is 0.0451. The zero-order valence-electron chi connectivity index (χ0n) is 18.3. The van der Waals surface area contributed by atoms with Crippen molar-refractivity contribution in [1.29, 1.82) is 0 Å². The summed E-state index contributed by atoms with van der Waals surface area (Å²) in [5.74, 6) is -1.56. The van der Waals surface area contributed by atoms with Crippen LogP contribution in [0.25, 0.3) is 11.0 Å². The van der Waals surface area contributed by atoms with E-state index >= 15 is 0 Å². The Bertz CT molecular complexity index is 1320. The molecule has 0 unspecified atom stereocenters. The van der Waals surface area contributed by atoms with Crippen molar-refractivity contribution in [1.82, 2.24) is 4.72 Å². The number of benzene rings is 2. The van der Waals surface area contributed by atoms with Gasteiger partial charge >= 0.3 is 5.91 Å². The first-order valence-electron chi connectivity index (χ1n) is 11.1. The number of sulfonamides is 1. The molecule has 174 valence electrons. The van der Waals surface area contributed by atoms with Gasteiger partial charge in [0.1, 0.15) is 22.0 Å². The lowest BCUT2D eigenvalue weighted by Gasteiger charge is -2.33. The van der Waals surface area contributed by atoms with Crippen molar-refractivity contribution in [3.8, 4) is 5.75 Å². The van der Waals surface area contributed by atoms with E-state index in [0.717, 1.165) is 45.2 Å². The van der Waals surface area contributed by atoms with E-state index in [-0.39, 0.29) is 33.5 Å². The fourth-order valence-electron chi connectivity index (χ4n) is 4.29. The molecular weight excluding hydrogens is 447 g/mol. The van der Waals surface area contributed by atoms with Crippen molar-refractivity contribution in [2.75, 3.05) is 18.0 Å². The highest BCUT2D eigenvalue weighted by Gasteiger charge is 2.28. The van der Waals surface area contributed by atoms with Gasteiger partial charge in [0.2, 0.25) is 0 Å². The number of ether oxygens (including phenoxy) is 1. The van der Waals surface area contributed by atoms with Crippen molar-refractivity contribution in [2.24, 2.45) is 0 Å². The molecule has 1 aromatic heterocycles. The third kappa shape index (κ3) is 4.29. The highest BCUT2D eigenvalue weighted by Crippen LogP contribution is 2.32. The molecule has 2 heterocycles. The number of nitrogens with zero attached hydrogens (tertiary/aromatic N) is 1. The van der Waals surface area contributed by atoms with E-state index in [9.17, 15) is 17.6 Å². The molecule has 2 aliphatic rings. The number of aryl methyl sites for hydroxylation is 1. The number of nitrogens with one attached hydrogen (secondary N) is 1. The molecule has 9 heteroatoms. The van der Waals surface area contributed by atoms with E-state index < -0.39 is 21.7 Å². The molecule has 0 atom stereocenters. The van der Waals surface area contributed by atoms with Crippen LogP contribution in [0.3, 0.4) is 0 Å². The van der Waals surface area contributed by atoms with Crippen LogP contribution < -0.4 is 14.4 Å². The second-order valence-electron chi connectivity index (χ2n) is 8.70. The summed E-state index contributed by atoms with van der Waals surface area (Å²) in [6.07, 6.45) is 4.80. The Kier molecular flexibility index (Phi) is 5.52. The lowest BCUT2D eigenvalue weighted by atomic mass is 10.1. The first-order chi connectivity index (χ1) is 15.8. The lowest BCUT2D eigenvalue weighted by Crippen LogP contribution is -2.36. The van der Waals surface area contributed by atoms with Crippen LogP contribution in [0, 0.1) is 12.7 Å². The van der Waals surface area contributed by atoms with Gasteiger partial charge in [0.25, 0.3) is 10.0 Å². The number of carbonyl (C=O) groups is 1. The Morgan fingerprint density at radius 2 is 1.88 bits per heavy atom. The number of rotatable bonds is 6. The fourth-order valence-corrected chi connectivity index (χ4v) is 5.46. The number of amides is 1. The van der Waals surface area contributed by atoms with Crippen LogP contribution in [0.1, 0.15) is 48.2 Å². The molecule has 0 bridgehead atoms. The molecule has 1 aliphatic heterocycles. The number of hydrogen-bond acceptors (Lipinski definition) is 6. The van der Waals surface area contributed by atoms with Crippen LogP contribution in [0.15, 0.2) is 45.7 Å². The van der Waals surface area contributed by atoms with Gasteiger partial charge in [-0.2, -0.15) is 0 Å². The maximum Gasteiger partial charge on any atom is 0.300 e. The Morgan fingerprint density at radius 1 is 1.12 bits per heavy atom. The van der Waals surface area contributed by atoms with Crippen molar-refractivity contribution >= 4 is 32.6 Å². The summed E-state index contributed by atoms with van der Waals surface area (Å²) in [7, 11) is -4.25.